The normalized spacial score (nSPS) is 15.8. The number of hydrogen-bond donors (Lipinski definition) is 1. The van der Waals surface area contributed by atoms with Gasteiger partial charge in [0, 0.05) is 23.0 Å². The fourth-order valence-corrected chi connectivity index (χ4v) is 3.83. The predicted molar refractivity (Wildman–Crippen MR) is 113 cm³/mol. The molecule has 1 N–H and O–H groups in total. The Bertz CT molecular complexity index is 786. The van der Waals surface area contributed by atoms with Crippen LogP contribution in [-0.2, 0) is 5.60 Å². The van der Waals surface area contributed by atoms with E-state index in [0.29, 0.717) is 27.2 Å². The number of hydrogen-bond acceptors (Lipinski definition) is 2. The highest BCUT2D eigenvalue weighted by Gasteiger charge is 2.39. The lowest BCUT2D eigenvalue weighted by Gasteiger charge is -2.38. The van der Waals surface area contributed by atoms with Crippen molar-refractivity contribution in [3.8, 4) is 0 Å². The molecule has 140 valence electrons. The summed E-state index contributed by atoms with van der Waals surface area (Å²) in [5, 5.41) is 13.3. The highest BCUT2D eigenvalue weighted by atomic mass is 35.5. The zero-order chi connectivity index (χ0) is 19.5. The van der Waals surface area contributed by atoms with Gasteiger partial charge in [-0.15, -0.1) is 0 Å². The van der Waals surface area contributed by atoms with Crippen molar-refractivity contribution in [2.75, 3.05) is 20.6 Å². The van der Waals surface area contributed by atoms with Crippen LogP contribution in [0.25, 0.3) is 6.08 Å². The van der Waals surface area contributed by atoms with Gasteiger partial charge in [-0.2, -0.15) is 0 Å². The standard InChI is InChI=1S/C21H24Cl3NO/c1-14(12-16-8-10-17(22)11-9-16)21(26,15(2)13-25(3)4)18-6-5-7-19(23)20(18)24/h5-12,15,26H,13H2,1-4H3. The fourth-order valence-electron chi connectivity index (χ4n) is 3.26. The predicted octanol–water partition coefficient (Wildman–Crippen LogP) is 6.14. The molecule has 2 atom stereocenters. The molecule has 0 heterocycles. The molecule has 2 rings (SSSR count). The maximum Gasteiger partial charge on any atom is 0.116 e. The van der Waals surface area contributed by atoms with Crippen molar-refractivity contribution in [1.82, 2.24) is 4.90 Å². The molecule has 5 heteroatoms. The van der Waals surface area contributed by atoms with E-state index >= 15 is 0 Å². The van der Waals surface area contributed by atoms with Gasteiger partial charge in [-0.3, -0.25) is 0 Å². The van der Waals surface area contributed by atoms with Crippen molar-refractivity contribution >= 4 is 40.9 Å². The number of benzene rings is 2. The number of nitrogens with zero attached hydrogens (tertiary/aromatic N) is 1. The third kappa shape index (κ3) is 4.62. The first-order valence-electron chi connectivity index (χ1n) is 8.42. The van der Waals surface area contributed by atoms with Crippen LogP contribution < -0.4 is 0 Å². The van der Waals surface area contributed by atoms with Gasteiger partial charge in [0.25, 0.3) is 0 Å². The van der Waals surface area contributed by atoms with Gasteiger partial charge in [0.2, 0.25) is 0 Å². The number of halogens is 3. The summed E-state index contributed by atoms with van der Waals surface area (Å²) in [5.74, 6) is -0.114. The summed E-state index contributed by atoms with van der Waals surface area (Å²) in [4.78, 5) is 2.05. The minimum atomic E-state index is -1.26. The highest BCUT2D eigenvalue weighted by Crippen LogP contribution is 2.43. The summed E-state index contributed by atoms with van der Waals surface area (Å²) in [6.45, 7) is 4.61. The molecule has 2 unspecified atom stereocenters. The van der Waals surface area contributed by atoms with E-state index in [0.717, 1.165) is 11.1 Å². The Kier molecular flexibility index (Phi) is 7.18. The van der Waals surface area contributed by atoms with Gasteiger partial charge in [0.1, 0.15) is 5.60 Å². The summed E-state index contributed by atoms with van der Waals surface area (Å²) < 4.78 is 0. The minimum absolute atomic E-state index is 0.114. The van der Waals surface area contributed by atoms with Gasteiger partial charge >= 0.3 is 0 Å². The first kappa shape index (κ1) is 21.3. The first-order valence-corrected chi connectivity index (χ1v) is 9.55. The Morgan fingerprint density at radius 1 is 1.12 bits per heavy atom. The van der Waals surface area contributed by atoms with E-state index in [1.807, 2.05) is 75.3 Å². The van der Waals surface area contributed by atoms with E-state index in [1.165, 1.54) is 0 Å². The molecular weight excluding hydrogens is 389 g/mol. The minimum Gasteiger partial charge on any atom is -0.380 e. The van der Waals surface area contributed by atoms with Gasteiger partial charge < -0.3 is 10.0 Å². The highest BCUT2D eigenvalue weighted by molar-refractivity contribution is 6.42. The van der Waals surface area contributed by atoms with Crippen LogP contribution in [-0.4, -0.2) is 30.6 Å². The Labute approximate surface area is 171 Å². The number of rotatable bonds is 6. The molecule has 0 radical (unpaired) electrons. The molecule has 0 aliphatic heterocycles. The summed E-state index contributed by atoms with van der Waals surface area (Å²) in [5.41, 5.74) is 1.11. The van der Waals surface area contributed by atoms with Crippen LogP contribution in [0, 0.1) is 5.92 Å². The molecule has 0 amide bonds. The molecule has 2 nitrogen and oxygen atoms in total. The van der Waals surface area contributed by atoms with E-state index in [4.69, 9.17) is 34.8 Å². The lowest BCUT2D eigenvalue weighted by molar-refractivity contribution is 0.0106. The van der Waals surface area contributed by atoms with Crippen molar-refractivity contribution in [1.29, 1.82) is 0 Å². The molecule has 2 aromatic rings. The third-order valence-electron chi connectivity index (χ3n) is 4.57. The lowest BCUT2D eigenvalue weighted by Crippen LogP contribution is -2.40. The molecule has 0 saturated carbocycles. The van der Waals surface area contributed by atoms with E-state index in [-0.39, 0.29) is 5.92 Å². The molecule has 0 aliphatic rings. The Hall–Kier alpha value is -1.03. The topological polar surface area (TPSA) is 23.5 Å². The van der Waals surface area contributed by atoms with Gasteiger partial charge in [0.05, 0.1) is 10.0 Å². The Morgan fingerprint density at radius 2 is 1.73 bits per heavy atom. The van der Waals surface area contributed by atoms with E-state index in [2.05, 4.69) is 0 Å². The zero-order valence-electron chi connectivity index (χ0n) is 15.4. The maximum absolute atomic E-state index is 11.8. The van der Waals surface area contributed by atoms with Gasteiger partial charge in [0.15, 0.2) is 0 Å². The second-order valence-corrected chi connectivity index (χ2v) is 8.13. The van der Waals surface area contributed by atoms with Crippen LogP contribution in [0.4, 0.5) is 0 Å². The largest absolute Gasteiger partial charge is 0.380 e. The summed E-state index contributed by atoms with van der Waals surface area (Å²) >= 11 is 18.7. The fraction of sp³-hybridized carbons (Fsp3) is 0.333. The summed E-state index contributed by atoms with van der Waals surface area (Å²) in [7, 11) is 3.96. The van der Waals surface area contributed by atoms with Crippen LogP contribution in [0.1, 0.15) is 25.0 Å². The van der Waals surface area contributed by atoms with E-state index in [9.17, 15) is 5.11 Å². The van der Waals surface area contributed by atoms with Crippen LogP contribution in [0.5, 0.6) is 0 Å². The molecule has 0 bridgehead atoms. The van der Waals surface area contributed by atoms with Crippen molar-refractivity contribution in [3.05, 3.63) is 74.2 Å². The molecule has 0 spiro atoms. The lowest BCUT2D eigenvalue weighted by atomic mass is 9.76. The second-order valence-electron chi connectivity index (χ2n) is 6.91. The van der Waals surface area contributed by atoms with Crippen LogP contribution >= 0.6 is 34.8 Å². The van der Waals surface area contributed by atoms with Gasteiger partial charge in [-0.1, -0.05) is 72.1 Å². The van der Waals surface area contributed by atoms with Crippen molar-refractivity contribution in [2.45, 2.75) is 19.4 Å². The molecule has 0 aliphatic carbocycles. The van der Waals surface area contributed by atoms with Crippen LogP contribution in [0.15, 0.2) is 48.0 Å². The van der Waals surface area contributed by atoms with Crippen molar-refractivity contribution < 1.29 is 5.11 Å². The van der Waals surface area contributed by atoms with Gasteiger partial charge in [-0.05, 0) is 50.4 Å². The third-order valence-corrected chi connectivity index (χ3v) is 5.64. The van der Waals surface area contributed by atoms with Crippen molar-refractivity contribution in [3.63, 3.8) is 0 Å². The smallest absolute Gasteiger partial charge is 0.116 e. The summed E-state index contributed by atoms with van der Waals surface area (Å²) in [6, 6.07) is 12.9. The molecule has 0 saturated heterocycles. The molecule has 0 fully saturated rings. The Morgan fingerprint density at radius 3 is 2.31 bits per heavy atom. The van der Waals surface area contributed by atoms with Gasteiger partial charge in [-0.25, -0.2) is 0 Å². The van der Waals surface area contributed by atoms with Crippen LogP contribution in [0.3, 0.4) is 0 Å². The number of aliphatic hydroxyl groups is 1. The quantitative estimate of drug-likeness (QED) is 0.616. The maximum atomic E-state index is 11.8. The average molecular weight is 413 g/mol. The molecule has 26 heavy (non-hydrogen) atoms. The monoisotopic (exact) mass is 411 g/mol. The second kappa shape index (κ2) is 8.77. The SMILES string of the molecule is CC(=Cc1ccc(Cl)cc1)C(O)(c1cccc(Cl)c1Cl)C(C)CN(C)C. The van der Waals surface area contributed by atoms with E-state index < -0.39 is 5.60 Å². The van der Waals surface area contributed by atoms with E-state index in [1.54, 1.807) is 6.07 Å². The van der Waals surface area contributed by atoms with Crippen molar-refractivity contribution in [2.24, 2.45) is 5.92 Å². The molecular formula is C21H24Cl3NO. The Balaban J connectivity index is 2.59. The molecule has 0 aromatic heterocycles. The molecule has 2 aromatic carbocycles. The first-order chi connectivity index (χ1) is 12.2. The van der Waals surface area contributed by atoms with Crippen LogP contribution in [0.2, 0.25) is 15.1 Å². The average Bonchev–Trinajstić information content (AvgIpc) is 2.58. The summed E-state index contributed by atoms with van der Waals surface area (Å²) in [6.07, 6.45) is 1.96. The zero-order valence-corrected chi connectivity index (χ0v) is 17.7.